The van der Waals surface area contributed by atoms with E-state index in [0.717, 1.165) is 16.5 Å². The summed E-state index contributed by atoms with van der Waals surface area (Å²) in [5.41, 5.74) is 2.38. The Balaban J connectivity index is 1.85. The van der Waals surface area contributed by atoms with Gasteiger partial charge in [-0.25, -0.2) is 0 Å². The molecule has 19 heavy (non-hydrogen) atoms. The normalized spacial score (nSPS) is 10.5. The van der Waals surface area contributed by atoms with Gasteiger partial charge in [-0.1, -0.05) is 18.2 Å². The molecular weight excluding hydrogens is 238 g/mol. The van der Waals surface area contributed by atoms with Crippen LogP contribution in [0, 0.1) is 0 Å². The molecule has 0 spiro atoms. The Kier molecular flexibility index (Phi) is 2.98. The zero-order valence-corrected chi connectivity index (χ0v) is 10.3. The second-order valence-electron chi connectivity index (χ2n) is 4.28. The molecule has 0 fully saturated rings. The molecule has 0 saturated carbocycles. The molecule has 0 bridgehead atoms. The second kappa shape index (κ2) is 4.94. The van der Waals surface area contributed by atoms with Crippen LogP contribution < -0.4 is 5.32 Å². The quantitative estimate of drug-likeness (QED) is 0.751. The Morgan fingerprint density at radius 3 is 2.95 bits per heavy atom. The molecule has 1 aromatic carbocycles. The number of hydrogen-bond acceptors (Lipinski definition) is 2. The highest BCUT2D eigenvalue weighted by atomic mass is 16.1. The summed E-state index contributed by atoms with van der Waals surface area (Å²) in [5, 5.41) is 3.86. The van der Waals surface area contributed by atoms with Crippen LogP contribution in [0.15, 0.2) is 55.0 Å². The summed E-state index contributed by atoms with van der Waals surface area (Å²) in [6.07, 6.45) is 5.40. The van der Waals surface area contributed by atoms with Gasteiger partial charge in [0.1, 0.15) is 0 Å². The van der Waals surface area contributed by atoms with Gasteiger partial charge in [-0.3, -0.25) is 9.78 Å². The van der Waals surface area contributed by atoms with Crippen molar-refractivity contribution >= 4 is 16.8 Å². The third-order valence-electron chi connectivity index (χ3n) is 2.99. The average Bonchev–Trinajstić information content (AvgIpc) is 2.97. The monoisotopic (exact) mass is 251 g/mol. The highest BCUT2D eigenvalue weighted by molar-refractivity contribution is 6.05. The predicted molar refractivity (Wildman–Crippen MR) is 73.7 cm³/mol. The summed E-state index contributed by atoms with van der Waals surface area (Å²) in [6.45, 7) is 0.506. The molecule has 0 radical (unpaired) electrons. The first-order valence-electron chi connectivity index (χ1n) is 6.08. The molecule has 4 nitrogen and oxygen atoms in total. The van der Waals surface area contributed by atoms with Gasteiger partial charge in [0.05, 0.1) is 11.1 Å². The lowest BCUT2D eigenvalue weighted by Crippen LogP contribution is -2.22. The summed E-state index contributed by atoms with van der Waals surface area (Å²) in [5.74, 6) is -0.106. The molecule has 3 aromatic rings. The van der Waals surface area contributed by atoms with E-state index in [9.17, 15) is 4.79 Å². The minimum absolute atomic E-state index is 0.106. The van der Waals surface area contributed by atoms with Gasteiger partial charge in [0.25, 0.3) is 5.91 Å². The number of amides is 1. The number of H-pyrrole nitrogens is 1. The average molecular weight is 251 g/mol. The van der Waals surface area contributed by atoms with Crippen molar-refractivity contribution in [3.63, 3.8) is 0 Å². The summed E-state index contributed by atoms with van der Waals surface area (Å²) in [4.78, 5) is 19.4. The van der Waals surface area contributed by atoms with Crippen molar-refractivity contribution < 1.29 is 4.79 Å². The molecular formula is C15H13N3O. The lowest BCUT2D eigenvalue weighted by atomic mass is 10.1. The van der Waals surface area contributed by atoms with Gasteiger partial charge in [0.2, 0.25) is 0 Å². The summed E-state index contributed by atoms with van der Waals surface area (Å²) >= 11 is 0. The van der Waals surface area contributed by atoms with E-state index in [2.05, 4.69) is 15.3 Å². The molecule has 2 aromatic heterocycles. The lowest BCUT2D eigenvalue weighted by molar-refractivity contribution is 0.0952. The fraction of sp³-hybridized carbons (Fsp3) is 0.0667. The Labute approximate surface area is 110 Å². The maximum Gasteiger partial charge on any atom is 0.253 e. The zero-order valence-electron chi connectivity index (χ0n) is 10.3. The molecule has 2 N–H and O–H groups in total. The van der Waals surface area contributed by atoms with Crippen molar-refractivity contribution in [1.29, 1.82) is 0 Å². The van der Waals surface area contributed by atoms with Crippen LogP contribution in [0.4, 0.5) is 0 Å². The molecule has 0 aliphatic carbocycles. The molecule has 0 unspecified atom stereocenters. The van der Waals surface area contributed by atoms with E-state index in [1.165, 1.54) is 0 Å². The van der Waals surface area contributed by atoms with Crippen LogP contribution in [-0.4, -0.2) is 15.9 Å². The predicted octanol–water partition coefficient (Wildman–Crippen LogP) is 2.49. The number of fused-ring (bicyclic) bond motifs is 1. The van der Waals surface area contributed by atoms with Crippen LogP contribution >= 0.6 is 0 Å². The van der Waals surface area contributed by atoms with Crippen LogP contribution in [0.1, 0.15) is 15.9 Å². The van der Waals surface area contributed by atoms with Crippen molar-refractivity contribution in [1.82, 2.24) is 15.3 Å². The van der Waals surface area contributed by atoms with Gasteiger partial charge in [-0.15, -0.1) is 0 Å². The van der Waals surface area contributed by atoms with Gasteiger partial charge in [-0.2, -0.15) is 0 Å². The number of aromatic nitrogens is 2. The molecule has 0 aliphatic heterocycles. The minimum Gasteiger partial charge on any atom is -0.367 e. The van der Waals surface area contributed by atoms with E-state index in [-0.39, 0.29) is 5.91 Å². The van der Waals surface area contributed by atoms with Crippen LogP contribution in [0.25, 0.3) is 10.9 Å². The Morgan fingerprint density at radius 1 is 1.21 bits per heavy atom. The standard InChI is InChI=1S/C15H13N3O/c19-15(18-10-11-6-8-16-9-11)13-5-1-3-12-4-2-7-17-14(12)13/h1-9,16H,10H2,(H,18,19). The lowest BCUT2D eigenvalue weighted by Gasteiger charge is -2.06. The number of carbonyl (C=O) groups is 1. The maximum absolute atomic E-state index is 12.2. The summed E-state index contributed by atoms with van der Waals surface area (Å²) in [6, 6.07) is 11.4. The van der Waals surface area contributed by atoms with E-state index in [1.54, 1.807) is 12.3 Å². The SMILES string of the molecule is O=C(NCc1cc[nH]c1)c1cccc2cccnc12. The fourth-order valence-electron chi connectivity index (χ4n) is 2.03. The third kappa shape index (κ3) is 2.33. The molecule has 94 valence electrons. The van der Waals surface area contributed by atoms with Crippen molar-refractivity contribution in [2.45, 2.75) is 6.54 Å². The van der Waals surface area contributed by atoms with E-state index in [1.807, 2.05) is 42.7 Å². The molecule has 0 saturated heterocycles. The van der Waals surface area contributed by atoms with Crippen LogP contribution in [-0.2, 0) is 6.54 Å². The van der Waals surface area contributed by atoms with Gasteiger partial charge in [0, 0.05) is 30.5 Å². The van der Waals surface area contributed by atoms with E-state index in [4.69, 9.17) is 0 Å². The zero-order chi connectivity index (χ0) is 13.1. The number of nitrogens with zero attached hydrogens (tertiary/aromatic N) is 1. The van der Waals surface area contributed by atoms with E-state index < -0.39 is 0 Å². The Hall–Kier alpha value is -2.62. The van der Waals surface area contributed by atoms with Crippen molar-refractivity contribution in [2.24, 2.45) is 0 Å². The fourth-order valence-corrected chi connectivity index (χ4v) is 2.03. The highest BCUT2D eigenvalue weighted by Crippen LogP contribution is 2.15. The molecule has 0 atom stereocenters. The number of benzene rings is 1. The maximum atomic E-state index is 12.2. The number of para-hydroxylation sites is 1. The smallest absolute Gasteiger partial charge is 0.253 e. The van der Waals surface area contributed by atoms with Crippen molar-refractivity contribution in [3.05, 3.63) is 66.1 Å². The summed E-state index contributed by atoms with van der Waals surface area (Å²) < 4.78 is 0. The minimum atomic E-state index is -0.106. The molecule has 0 aliphatic rings. The highest BCUT2D eigenvalue weighted by Gasteiger charge is 2.10. The number of carbonyl (C=O) groups excluding carboxylic acids is 1. The number of pyridine rings is 1. The Bertz CT molecular complexity index is 699. The number of nitrogens with one attached hydrogen (secondary N) is 2. The first-order valence-corrected chi connectivity index (χ1v) is 6.08. The van der Waals surface area contributed by atoms with Crippen molar-refractivity contribution in [3.8, 4) is 0 Å². The van der Waals surface area contributed by atoms with E-state index >= 15 is 0 Å². The molecule has 2 heterocycles. The van der Waals surface area contributed by atoms with Crippen LogP contribution in [0.3, 0.4) is 0 Å². The van der Waals surface area contributed by atoms with Gasteiger partial charge in [-0.05, 0) is 23.8 Å². The van der Waals surface area contributed by atoms with Crippen molar-refractivity contribution in [2.75, 3.05) is 0 Å². The molecule has 3 rings (SSSR count). The largest absolute Gasteiger partial charge is 0.367 e. The Morgan fingerprint density at radius 2 is 2.11 bits per heavy atom. The van der Waals surface area contributed by atoms with Crippen LogP contribution in [0.2, 0.25) is 0 Å². The first-order chi connectivity index (χ1) is 9.34. The summed E-state index contributed by atoms with van der Waals surface area (Å²) in [7, 11) is 0. The number of aromatic amines is 1. The molecule has 1 amide bonds. The first kappa shape index (κ1) is 11.5. The third-order valence-corrected chi connectivity index (χ3v) is 2.99. The second-order valence-corrected chi connectivity index (χ2v) is 4.28. The number of hydrogen-bond donors (Lipinski definition) is 2. The molecule has 4 heteroatoms. The van der Waals surface area contributed by atoms with E-state index in [0.29, 0.717) is 12.1 Å². The van der Waals surface area contributed by atoms with Crippen LogP contribution in [0.5, 0.6) is 0 Å². The topological polar surface area (TPSA) is 57.8 Å². The number of rotatable bonds is 3. The van der Waals surface area contributed by atoms with Gasteiger partial charge >= 0.3 is 0 Å². The van der Waals surface area contributed by atoms with Gasteiger partial charge in [0.15, 0.2) is 0 Å². The van der Waals surface area contributed by atoms with Gasteiger partial charge < -0.3 is 10.3 Å².